The van der Waals surface area contributed by atoms with E-state index < -0.39 is 187 Å². The lowest BCUT2D eigenvalue weighted by Gasteiger charge is -2.45. The molecule has 33 heteroatoms. The highest BCUT2D eigenvalue weighted by molar-refractivity contribution is 7.91. The number of ether oxygens (including phenoxy) is 5. The molecule has 73 heavy (non-hydrogen) atoms. The summed E-state index contributed by atoms with van der Waals surface area (Å²) in [7, 11) is -2.81. The number of carboxylic acids is 3. The number of rotatable bonds is 30. The molecule has 0 radical (unpaired) electrons. The molecule has 14 atom stereocenters. The number of aliphatic carboxylic acids is 3. The van der Waals surface area contributed by atoms with Gasteiger partial charge in [-0.2, -0.15) is 0 Å². The number of sulfone groups is 1. The lowest BCUT2D eigenvalue weighted by atomic mass is 9.94. The lowest BCUT2D eigenvalue weighted by Crippen LogP contribution is -2.65. The molecule has 0 spiro atoms. The maximum atomic E-state index is 13.2. The molecule has 0 aromatic carbocycles. The standard InChI is InChI=1S/C40H65N9O23S/c1-18-30(29(58)32(33(70-18)38(64)65)72-39-28(57)27(56)31(68-2)23(17-51)71-39)69-10-12-73(66,67)11-8-43-14-24(52)46-19(5-3-7-44-40(41)42)34(59)45-15-25(53)47-20(13-26(54)55)35(60)48-21(16-50)36(61)49-9-4-6-22(49)37(62)63/h17-23,27-33,39,43,50,56-58H,3-16H2,1-2H3,(H,45,59)(H,46,52)(H,47,53)(H,48,60)(H,54,55)(H,62,63)(H,64,65)(H4,41,42,44)/t18-,19-,20-,21-,22-,23+,27+,28-,29+,30+,31+,32-,33+,39-/m0/s1. The summed E-state index contributed by atoms with van der Waals surface area (Å²) in [5, 5.41) is 82.0. The normalized spacial score (nSPS) is 27.3. The summed E-state index contributed by atoms with van der Waals surface area (Å²) in [6.07, 6.45) is -16.6. The molecule has 3 aliphatic heterocycles. The number of carboxylic acid groups (broad SMARTS) is 3. The van der Waals surface area contributed by atoms with E-state index in [2.05, 4.69) is 31.6 Å². The predicted molar refractivity (Wildman–Crippen MR) is 242 cm³/mol. The van der Waals surface area contributed by atoms with E-state index in [-0.39, 0.29) is 51.1 Å². The number of aliphatic hydroxyl groups excluding tert-OH is 4. The molecular weight excluding hydrogens is 1010 g/mol. The smallest absolute Gasteiger partial charge is 0.335 e. The quantitative estimate of drug-likeness (QED) is 0.0137. The Morgan fingerprint density at radius 3 is 2.12 bits per heavy atom. The van der Waals surface area contributed by atoms with Gasteiger partial charge in [0.15, 0.2) is 34.5 Å². The fraction of sp³-hybridized carbons (Fsp3) is 0.750. The van der Waals surface area contributed by atoms with Gasteiger partial charge < -0.3 is 107 Å². The number of aliphatic hydroxyl groups is 4. The molecule has 414 valence electrons. The molecule has 0 unspecified atom stereocenters. The van der Waals surface area contributed by atoms with Crippen LogP contribution in [0.15, 0.2) is 4.99 Å². The Labute approximate surface area is 416 Å². The van der Waals surface area contributed by atoms with E-state index in [9.17, 15) is 87.3 Å². The molecule has 0 bridgehead atoms. The summed E-state index contributed by atoms with van der Waals surface area (Å²) in [6, 6.07) is -6.11. The van der Waals surface area contributed by atoms with Crippen LogP contribution >= 0.6 is 0 Å². The second kappa shape index (κ2) is 29.2. The summed E-state index contributed by atoms with van der Waals surface area (Å²) < 4.78 is 52.8. The van der Waals surface area contributed by atoms with E-state index >= 15 is 0 Å². The van der Waals surface area contributed by atoms with Crippen molar-refractivity contribution in [2.45, 2.75) is 124 Å². The van der Waals surface area contributed by atoms with E-state index in [1.54, 1.807) is 0 Å². The molecule has 3 saturated heterocycles. The van der Waals surface area contributed by atoms with Gasteiger partial charge in [-0.15, -0.1) is 0 Å². The van der Waals surface area contributed by atoms with Crippen LogP contribution in [0.2, 0.25) is 0 Å². The molecule has 3 heterocycles. The number of hydrogen-bond donors (Lipinski definition) is 14. The summed E-state index contributed by atoms with van der Waals surface area (Å²) >= 11 is 0. The molecule has 0 aromatic rings. The van der Waals surface area contributed by atoms with Crippen LogP contribution in [0.4, 0.5) is 0 Å². The zero-order valence-corrected chi connectivity index (χ0v) is 40.5. The van der Waals surface area contributed by atoms with E-state index in [0.29, 0.717) is 6.42 Å². The fourth-order valence-corrected chi connectivity index (χ4v) is 8.86. The van der Waals surface area contributed by atoms with Gasteiger partial charge in [0.2, 0.25) is 29.5 Å². The number of carbonyl (C=O) groups excluding carboxylic acids is 6. The fourth-order valence-electron chi connectivity index (χ4n) is 7.85. The average molecular weight is 1070 g/mol. The highest BCUT2D eigenvalue weighted by atomic mass is 32.2. The maximum Gasteiger partial charge on any atom is 0.335 e. The van der Waals surface area contributed by atoms with Crippen molar-refractivity contribution in [2.24, 2.45) is 16.5 Å². The van der Waals surface area contributed by atoms with Gasteiger partial charge in [0.05, 0.1) is 50.3 Å². The van der Waals surface area contributed by atoms with Gasteiger partial charge in [-0.3, -0.25) is 33.8 Å². The minimum Gasteiger partial charge on any atom is -0.481 e. The number of guanidine groups is 1. The minimum atomic E-state index is -3.95. The topological polar surface area (TPSA) is 503 Å². The van der Waals surface area contributed by atoms with Crippen LogP contribution in [-0.4, -0.2) is 259 Å². The van der Waals surface area contributed by atoms with Crippen molar-refractivity contribution in [3.8, 4) is 0 Å². The molecule has 3 rings (SSSR count). The molecule has 5 amide bonds. The molecule has 3 fully saturated rings. The van der Waals surface area contributed by atoms with Crippen molar-refractivity contribution < 1.29 is 111 Å². The first kappa shape index (κ1) is 61.5. The minimum absolute atomic E-state index is 0.00623. The molecule has 16 N–H and O–H groups in total. The van der Waals surface area contributed by atoms with Gasteiger partial charge in [0, 0.05) is 26.7 Å². The number of methoxy groups -OCH3 is 1. The second-order valence-electron chi connectivity index (χ2n) is 16.9. The third-order valence-electron chi connectivity index (χ3n) is 11.6. The number of nitrogens with two attached hydrogens (primary N) is 2. The van der Waals surface area contributed by atoms with Crippen molar-refractivity contribution >= 4 is 69.5 Å². The first-order chi connectivity index (χ1) is 34.3. The first-order valence-electron chi connectivity index (χ1n) is 22.7. The molecular formula is C40H65N9O23S. The summed E-state index contributed by atoms with van der Waals surface area (Å²) in [4.78, 5) is 117. The highest BCUT2D eigenvalue weighted by Crippen LogP contribution is 2.31. The van der Waals surface area contributed by atoms with Gasteiger partial charge in [0.25, 0.3) is 0 Å². The van der Waals surface area contributed by atoms with Crippen LogP contribution in [0.3, 0.4) is 0 Å². The average Bonchev–Trinajstić information content (AvgIpc) is 3.83. The zero-order valence-electron chi connectivity index (χ0n) is 39.7. The van der Waals surface area contributed by atoms with Gasteiger partial charge in [-0.25, -0.2) is 18.0 Å². The van der Waals surface area contributed by atoms with Crippen molar-refractivity contribution in [2.75, 3.05) is 64.6 Å². The van der Waals surface area contributed by atoms with Crippen molar-refractivity contribution in [1.82, 2.24) is 31.5 Å². The van der Waals surface area contributed by atoms with Crippen LogP contribution in [0.25, 0.3) is 0 Å². The SMILES string of the molecule is CO[C@H]1[C@H](O)[C@H](O)[C@H](O[C@H]2[C@H](O)[C@H](OCCS(=O)(=O)CCNCC(=O)N[C@@H](CCCN=C(N)N)C(=O)NCC(=O)N[C@@H](CC(=O)O)C(=O)N[C@@H](CO)C(=O)N3CCC[C@H]3C(=O)O)[C@H](C)O[C@H]2C(=O)O)O[C@@H]1C=O. The number of nitrogens with zero attached hydrogens (tertiary/aromatic N) is 2. The van der Waals surface area contributed by atoms with Crippen LogP contribution < -0.4 is 38.1 Å². The molecule has 0 saturated carbocycles. The Kier molecular flexibility index (Phi) is 24.6. The predicted octanol–water partition coefficient (Wildman–Crippen LogP) is -9.18. The highest BCUT2D eigenvalue weighted by Gasteiger charge is 2.53. The number of nitrogens with one attached hydrogen (secondary N) is 5. The summed E-state index contributed by atoms with van der Waals surface area (Å²) in [5.41, 5.74) is 10.7. The van der Waals surface area contributed by atoms with Gasteiger partial charge in [-0.1, -0.05) is 0 Å². The lowest BCUT2D eigenvalue weighted by molar-refractivity contribution is -0.332. The second-order valence-corrected chi connectivity index (χ2v) is 19.2. The van der Waals surface area contributed by atoms with Crippen LogP contribution in [0.5, 0.6) is 0 Å². The Morgan fingerprint density at radius 1 is 0.849 bits per heavy atom. The Bertz CT molecular complexity index is 2080. The van der Waals surface area contributed by atoms with Crippen molar-refractivity contribution in [3.05, 3.63) is 0 Å². The largest absolute Gasteiger partial charge is 0.481 e. The number of hydrogen-bond acceptors (Lipinski definition) is 22. The number of carbonyl (C=O) groups is 9. The zero-order chi connectivity index (χ0) is 54.7. The van der Waals surface area contributed by atoms with Crippen molar-refractivity contribution in [1.29, 1.82) is 0 Å². The molecule has 0 aromatic heterocycles. The Morgan fingerprint density at radius 2 is 1.52 bits per heavy atom. The van der Waals surface area contributed by atoms with Crippen molar-refractivity contribution in [3.63, 3.8) is 0 Å². The Hall–Kier alpha value is -5.75. The van der Waals surface area contributed by atoms with E-state index in [0.717, 1.165) is 12.0 Å². The Balaban J connectivity index is 1.53. The number of amides is 5. The molecule has 3 aliphatic rings. The van der Waals surface area contributed by atoms with Crippen LogP contribution in [0.1, 0.15) is 39.0 Å². The van der Waals surface area contributed by atoms with E-state index in [1.165, 1.54) is 6.92 Å². The third kappa shape index (κ3) is 18.6. The van der Waals surface area contributed by atoms with Crippen LogP contribution in [-0.2, 0) is 76.7 Å². The van der Waals surface area contributed by atoms with Gasteiger partial charge in [0.1, 0.15) is 66.9 Å². The van der Waals surface area contributed by atoms with E-state index in [1.807, 2.05) is 0 Å². The van der Waals surface area contributed by atoms with Gasteiger partial charge >= 0.3 is 17.9 Å². The monoisotopic (exact) mass is 1070 g/mol. The maximum absolute atomic E-state index is 13.2. The molecule has 0 aliphatic carbocycles. The molecule has 32 nitrogen and oxygen atoms in total. The third-order valence-corrected chi connectivity index (χ3v) is 13.2. The number of aliphatic imine (C=N–C) groups is 1. The summed E-state index contributed by atoms with van der Waals surface area (Å²) in [6.45, 7) is -1.91. The van der Waals surface area contributed by atoms with Crippen LogP contribution in [0, 0.1) is 0 Å². The number of likely N-dealkylation sites (tertiary alicyclic amines) is 1. The van der Waals surface area contributed by atoms with Gasteiger partial charge in [-0.05, 0) is 32.6 Å². The first-order valence-corrected chi connectivity index (χ1v) is 24.5. The van der Waals surface area contributed by atoms with E-state index in [4.69, 9.17) is 35.2 Å². The summed E-state index contributed by atoms with van der Waals surface area (Å²) in [5.74, 6) is -11.0. The number of aldehydes is 1.